The normalized spacial score (nSPS) is 9.73. The predicted molar refractivity (Wildman–Crippen MR) is 67.3 cm³/mol. The summed E-state index contributed by atoms with van der Waals surface area (Å²) in [6.45, 7) is 4.52. The molecule has 0 amide bonds. The molecular formula is C14H24O. The molecule has 0 radical (unpaired) electrons. The average Bonchev–Trinajstić information content (AvgIpc) is 2.24. The standard InChI is InChI=1S/C14H22.H2O/c1-3-5-9-13-11-7-8-12-14(13)10-6-4-2;/h7-8,11-12H,3-6,9-10H2,1-2H3;1H2. The zero-order valence-corrected chi connectivity index (χ0v) is 10.1. The van der Waals surface area contributed by atoms with Crippen molar-refractivity contribution in [2.24, 2.45) is 0 Å². The number of unbranched alkanes of at least 4 members (excludes halogenated alkanes) is 2. The molecule has 0 bridgehead atoms. The van der Waals surface area contributed by atoms with Crippen LogP contribution >= 0.6 is 0 Å². The van der Waals surface area contributed by atoms with Crippen molar-refractivity contribution in [3.63, 3.8) is 0 Å². The molecule has 0 aliphatic rings. The van der Waals surface area contributed by atoms with Crippen molar-refractivity contribution in [2.45, 2.75) is 52.4 Å². The van der Waals surface area contributed by atoms with Gasteiger partial charge in [0.2, 0.25) is 0 Å². The molecule has 1 rings (SSSR count). The number of aryl methyl sites for hydroxylation is 2. The van der Waals surface area contributed by atoms with Gasteiger partial charge in [-0.15, -0.1) is 0 Å². The van der Waals surface area contributed by atoms with E-state index in [1.807, 2.05) is 0 Å². The maximum Gasteiger partial charge on any atom is -0.0276 e. The highest BCUT2D eigenvalue weighted by Gasteiger charge is 1.99. The van der Waals surface area contributed by atoms with Crippen molar-refractivity contribution in [3.8, 4) is 0 Å². The molecule has 0 aromatic heterocycles. The van der Waals surface area contributed by atoms with Crippen LogP contribution in [0.15, 0.2) is 24.3 Å². The molecule has 0 saturated heterocycles. The molecule has 0 aliphatic carbocycles. The lowest BCUT2D eigenvalue weighted by molar-refractivity contribution is 0.758. The van der Waals surface area contributed by atoms with Gasteiger partial charge >= 0.3 is 0 Å². The monoisotopic (exact) mass is 208 g/mol. The zero-order valence-electron chi connectivity index (χ0n) is 10.1. The third kappa shape index (κ3) is 4.98. The Balaban J connectivity index is 0.00000196. The van der Waals surface area contributed by atoms with Gasteiger partial charge in [-0.2, -0.15) is 0 Å². The van der Waals surface area contributed by atoms with E-state index in [0.717, 1.165) is 0 Å². The van der Waals surface area contributed by atoms with Crippen molar-refractivity contribution in [1.29, 1.82) is 0 Å². The Morgan fingerprint density at radius 3 is 1.53 bits per heavy atom. The maximum absolute atomic E-state index is 2.29. The molecule has 0 saturated carbocycles. The fourth-order valence-corrected chi connectivity index (χ4v) is 1.78. The largest absolute Gasteiger partial charge is 0.412 e. The summed E-state index contributed by atoms with van der Waals surface area (Å²) in [5.74, 6) is 0. The van der Waals surface area contributed by atoms with Gasteiger partial charge in [-0.3, -0.25) is 0 Å². The summed E-state index contributed by atoms with van der Waals surface area (Å²) in [5.41, 5.74) is 3.14. The quantitative estimate of drug-likeness (QED) is 0.685. The van der Waals surface area contributed by atoms with E-state index >= 15 is 0 Å². The number of hydrogen-bond acceptors (Lipinski definition) is 0. The molecule has 0 atom stereocenters. The van der Waals surface area contributed by atoms with E-state index in [2.05, 4.69) is 38.1 Å². The minimum atomic E-state index is 0. The van der Waals surface area contributed by atoms with Gasteiger partial charge in [-0.1, -0.05) is 51.0 Å². The van der Waals surface area contributed by atoms with Crippen LogP contribution < -0.4 is 0 Å². The Kier molecular flexibility index (Phi) is 8.02. The Morgan fingerprint density at radius 1 is 0.800 bits per heavy atom. The van der Waals surface area contributed by atoms with Gasteiger partial charge in [0.1, 0.15) is 0 Å². The van der Waals surface area contributed by atoms with Crippen molar-refractivity contribution >= 4 is 0 Å². The van der Waals surface area contributed by atoms with Gasteiger partial charge in [-0.25, -0.2) is 0 Å². The smallest absolute Gasteiger partial charge is 0.0276 e. The lowest BCUT2D eigenvalue weighted by Gasteiger charge is -2.07. The van der Waals surface area contributed by atoms with Gasteiger partial charge in [0.25, 0.3) is 0 Å². The van der Waals surface area contributed by atoms with Crippen molar-refractivity contribution < 1.29 is 5.48 Å². The summed E-state index contributed by atoms with van der Waals surface area (Å²) in [5, 5.41) is 0. The lowest BCUT2D eigenvalue weighted by atomic mass is 9.98. The molecule has 1 aromatic rings. The summed E-state index contributed by atoms with van der Waals surface area (Å²) >= 11 is 0. The number of hydrogen-bond donors (Lipinski definition) is 0. The van der Waals surface area contributed by atoms with E-state index in [1.54, 1.807) is 11.1 Å². The van der Waals surface area contributed by atoms with Crippen molar-refractivity contribution in [1.82, 2.24) is 0 Å². The van der Waals surface area contributed by atoms with Crippen LogP contribution in [-0.4, -0.2) is 5.48 Å². The third-order valence-electron chi connectivity index (χ3n) is 2.72. The summed E-state index contributed by atoms with van der Waals surface area (Å²) in [6.07, 6.45) is 7.75. The van der Waals surface area contributed by atoms with E-state index < -0.39 is 0 Å². The van der Waals surface area contributed by atoms with Crippen LogP contribution in [0.3, 0.4) is 0 Å². The van der Waals surface area contributed by atoms with Gasteiger partial charge in [0.05, 0.1) is 0 Å². The summed E-state index contributed by atoms with van der Waals surface area (Å²) < 4.78 is 0. The highest BCUT2D eigenvalue weighted by atomic mass is 16.0. The fraction of sp³-hybridized carbons (Fsp3) is 0.571. The Morgan fingerprint density at radius 2 is 1.20 bits per heavy atom. The second-order valence-electron chi connectivity index (χ2n) is 3.98. The topological polar surface area (TPSA) is 31.5 Å². The summed E-state index contributed by atoms with van der Waals surface area (Å²) in [4.78, 5) is 0. The zero-order chi connectivity index (χ0) is 10.2. The van der Waals surface area contributed by atoms with Gasteiger partial charge in [-0.05, 0) is 36.8 Å². The molecule has 1 nitrogen and oxygen atoms in total. The van der Waals surface area contributed by atoms with Crippen LogP contribution in [0.25, 0.3) is 0 Å². The number of rotatable bonds is 6. The van der Waals surface area contributed by atoms with Crippen molar-refractivity contribution in [3.05, 3.63) is 35.4 Å². The Bertz CT molecular complexity index is 228. The first-order valence-corrected chi connectivity index (χ1v) is 5.95. The second kappa shape index (κ2) is 8.49. The maximum atomic E-state index is 2.29. The fourth-order valence-electron chi connectivity index (χ4n) is 1.78. The van der Waals surface area contributed by atoms with Crippen LogP contribution in [0.1, 0.15) is 50.7 Å². The summed E-state index contributed by atoms with van der Waals surface area (Å²) in [7, 11) is 0. The molecule has 0 aliphatic heterocycles. The molecule has 0 spiro atoms. The first-order chi connectivity index (χ1) is 6.88. The number of benzene rings is 1. The van der Waals surface area contributed by atoms with E-state index in [9.17, 15) is 0 Å². The van der Waals surface area contributed by atoms with E-state index in [0.29, 0.717) is 0 Å². The molecule has 0 unspecified atom stereocenters. The molecule has 15 heavy (non-hydrogen) atoms. The highest BCUT2D eigenvalue weighted by Crippen LogP contribution is 2.14. The minimum Gasteiger partial charge on any atom is -0.412 e. The lowest BCUT2D eigenvalue weighted by Crippen LogP contribution is -1.94. The molecular weight excluding hydrogens is 184 g/mol. The van der Waals surface area contributed by atoms with Crippen LogP contribution in [0, 0.1) is 0 Å². The SMILES string of the molecule is CCCCc1ccccc1CCCC.O. The van der Waals surface area contributed by atoms with Gasteiger partial charge < -0.3 is 5.48 Å². The Hall–Kier alpha value is -0.820. The summed E-state index contributed by atoms with van der Waals surface area (Å²) in [6, 6.07) is 8.92. The van der Waals surface area contributed by atoms with Crippen LogP contribution in [0.4, 0.5) is 0 Å². The second-order valence-corrected chi connectivity index (χ2v) is 3.98. The molecule has 86 valence electrons. The van der Waals surface area contributed by atoms with Crippen LogP contribution in [0.5, 0.6) is 0 Å². The van der Waals surface area contributed by atoms with Crippen molar-refractivity contribution in [2.75, 3.05) is 0 Å². The van der Waals surface area contributed by atoms with E-state index in [-0.39, 0.29) is 5.48 Å². The van der Waals surface area contributed by atoms with Crippen LogP contribution in [-0.2, 0) is 12.8 Å². The highest BCUT2D eigenvalue weighted by molar-refractivity contribution is 5.27. The predicted octanol–water partition coefficient (Wildman–Crippen LogP) is 3.55. The van der Waals surface area contributed by atoms with E-state index in [1.165, 1.54) is 38.5 Å². The average molecular weight is 208 g/mol. The molecule has 2 N–H and O–H groups in total. The molecule has 1 heteroatoms. The first kappa shape index (κ1) is 14.2. The minimum absolute atomic E-state index is 0. The van der Waals surface area contributed by atoms with Crippen LogP contribution in [0.2, 0.25) is 0 Å². The first-order valence-electron chi connectivity index (χ1n) is 5.95. The molecule has 0 heterocycles. The molecule has 0 fully saturated rings. The Labute approximate surface area is 93.8 Å². The van der Waals surface area contributed by atoms with Gasteiger partial charge in [0, 0.05) is 0 Å². The third-order valence-corrected chi connectivity index (χ3v) is 2.72. The molecule has 1 aromatic carbocycles. The van der Waals surface area contributed by atoms with E-state index in [4.69, 9.17) is 0 Å². The van der Waals surface area contributed by atoms with Gasteiger partial charge in [0.15, 0.2) is 0 Å².